The SMILES string of the molecule is S=C(NCc1cc2ccccc2o1)NC1CCCCC1. The van der Waals surface area contributed by atoms with E-state index in [1.54, 1.807) is 0 Å². The van der Waals surface area contributed by atoms with Gasteiger partial charge in [-0.15, -0.1) is 0 Å². The molecule has 2 N–H and O–H groups in total. The summed E-state index contributed by atoms with van der Waals surface area (Å²) in [6, 6.07) is 10.6. The van der Waals surface area contributed by atoms with Crippen molar-refractivity contribution < 1.29 is 4.42 Å². The Morgan fingerprint density at radius 3 is 2.80 bits per heavy atom. The first kappa shape index (κ1) is 13.4. The van der Waals surface area contributed by atoms with E-state index in [1.807, 2.05) is 18.2 Å². The predicted octanol–water partition coefficient (Wildman–Crippen LogP) is 3.73. The van der Waals surface area contributed by atoms with E-state index in [1.165, 1.54) is 32.1 Å². The van der Waals surface area contributed by atoms with Gasteiger partial charge in [0, 0.05) is 11.4 Å². The molecule has 1 aromatic heterocycles. The standard InChI is InChI=1S/C16H20N2OS/c20-16(18-13-7-2-1-3-8-13)17-11-14-10-12-6-4-5-9-15(12)19-14/h4-6,9-10,13H,1-3,7-8,11H2,(H2,17,18,20). The Kier molecular flexibility index (Phi) is 4.21. The van der Waals surface area contributed by atoms with E-state index in [4.69, 9.17) is 16.6 Å². The summed E-state index contributed by atoms with van der Waals surface area (Å²) in [5.74, 6) is 0.916. The van der Waals surface area contributed by atoms with Gasteiger partial charge in [0.25, 0.3) is 0 Å². The van der Waals surface area contributed by atoms with Crippen molar-refractivity contribution in [3.05, 3.63) is 36.1 Å². The van der Waals surface area contributed by atoms with Crippen molar-refractivity contribution in [1.82, 2.24) is 10.6 Å². The zero-order valence-corrected chi connectivity index (χ0v) is 12.3. The van der Waals surface area contributed by atoms with Crippen molar-refractivity contribution in [1.29, 1.82) is 0 Å². The van der Waals surface area contributed by atoms with Crippen LogP contribution in [0.3, 0.4) is 0 Å². The second kappa shape index (κ2) is 6.27. The van der Waals surface area contributed by atoms with Crippen molar-refractivity contribution in [3.8, 4) is 0 Å². The Bertz CT molecular complexity index is 554. The molecule has 0 amide bonds. The summed E-state index contributed by atoms with van der Waals surface area (Å²) in [5, 5.41) is 8.50. The van der Waals surface area contributed by atoms with Crippen LogP contribution in [0, 0.1) is 0 Å². The number of nitrogens with one attached hydrogen (secondary N) is 2. The zero-order valence-electron chi connectivity index (χ0n) is 11.5. The highest BCUT2D eigenvalue weighted by molar-refractivity contribution is 7.80. The number of furan rings is 1. The molecule has 0 atom stereocenters. The molecule has 0 bridgehead atoms. The third-order valence-electron chi connectivity index (χ3n) is 3.84. The van der Waals surface area contributed by atoms with Crippen molar-refractivity contribution in [3.63, 3.8) is 0 Å². The maximum Gasteiger partial charge on any atom is 0.166 e. The molecule has 2 aromatic rings. The van der Waals surface area contributed by atoms with E-state index in [2.05, 4.69) is 22.8 Å². The van der Waals surface area contributed by atoms with Gasteiger partial charge in [0.2, 0.25) is 0 Å². The van der Waals surface area contributed by atoms with Gasteiger partial charge in [0.05, 0.1) is 6.54 Å². The van der Waals surface area contributed by atoms with E-state index >= 15 is 0 Å². The van der Waals surface area contributed by atoms with Crippen LogP contribution in [0.1, 0.15) is 37.9 Å². The molecule has 20 heavy (non-hydrogen) atoms. The summed E-state index contributed by atoms with van der Waals surface area (Å²) in [7, 11) is 0. The predicted molar refractivity (Wildman–Crippen MR) is 85.7 cm³/mol. The second-order valence-electron chi connectivity index (χ2n) is 5.41. The highest BCUT2D eigenvalue weighted by Gasteiger charge is 2.14. The van der Waals surface area contributed by atoms with Gasteiger partial charge in [0.1, 0.15) is 11.3 Å². The first-order chi connectivity index (χ1) is 9.81. The molecule has 1 aromatic carbocycles. The smallest absolute Gasteiger partial charge is 0.166 e. The van der Waals surface area contributed by atoms with Crippen molar-refractivity contribution in [2.24, 2.45) is 0 Å². The highest BCUT2D eigenvalue weighted by atomic mass is 32.1. The van der Waals surface area contributed by atoms with Crippen molar-refractivity contribution >= 4 is 28.3 Å². The molecule has 0 unspecified atom stereocenters. The molecular formula is C16H20N2OS. The molecule has 1 fully saturated rings. The molecule has 3 nitrogen and oxygen atoms in total. The fraction of sp³-hybridized carbons (Fsp3) is 0.438. The van der Waals surface area contributed by atoms with Crippen LogP contribution in [0.2, 0.25) is 0 Å². The topological polar surface area (TPSA) is 37.2 Å². The quantitative estimate of drug-likeness (QED) is 0.844. The fourth-order valence-corrected chi connectivity index (χ4v) is 3.01. The average molecular weight is 288 g/mol. The summed E-state index contributed by atoms with van der Waals surface area (Å²) in [6.07, 6.45) is 6.43. The second-order valence-corrected chi connectivity index (χ2v) is 5.82. The van der Waals surface area contributed by atoms with Gasteiger partial charge >= 0.3 is 0 Å². The molecule has 0 aliphatic heterocycles. The van der Waals surface area contributed by atoms with Gasteiger partial charge in [0.15, 0.2) is 5.11 Å². The molecule has 0 saturated heterocycles. The van der Waals surface area contributed by atoms with E-state index < -0.39 is 0 Å². The Balaban J connectivity index is 1.51. The lowest BCUT2D eigenvalue weighted by molar-refractivity contribution is 0.411. The molecule has 1 aliphatic rings. The number of para-hydroxylation sites is 1. The van der Waals surface area contributed by atoms with Gasteiger partial charge in [-0.3, -0.25) is 0 Å². The minimum atomic E-state index is 0.541. The highest BCUT2D eigenvalue weighted by Crippen LogP contribution is 2.19. The maximum atomic E-state index is 5.76. The summed E-state index contributed by atoms with van der Waals surface area (Å²) in [4.78, 5) is 0. The Morgan fingerprint density at radius 2 is 2.00 bits per heavy atom. The average Bonchev–Trinajstić information content (AvgIpc) is 2.89. The van der Waals surface area contributed by atoms with E-state index in [9.17, 15) is 0 Å². The third-order valence-corrected chi connectivity index (χ3v) is 4.10. The Hall–Kier alpha value is -1.55. The van der Waals surface area contributed by atoms with Crippen LogP contribution in [0.5, 0.6) is 0 Å². The summed E-state index contributed by atoms with van der Waals surface area (Å²) in [6.45, 7) is 0.632. The van der Waals surface area contributed by atoms with Gasteiger partial charge in [-0.25, -0.2) is 0 Å². The maximum absolute atomic E-state index is 5.76. The molecule has 0 radical (unpaired) electrons. The number of thiocarbonyl (C=S) groups is 1. The molecule has 1 heterocycles. The summed E-state index contributed by atoms with van der Waals surface area (Å²) in [5.41, 5.74) is 0.926. The molecule has 3 rings (SSSR count). The van der Waals surface area contributed by atoms with Gasteiger partial charge in [-0.05, 0) is 37.2 Å². The van der Waals surface area contributed by atoms with Crippen molar-refractivity contribution in [2.45, 2.75) is 44.7 Å². The van der Waals surface area contributed by atoms with Crippen LogP contribution >= 0.6 is 12.2 Å². The number of fused-ring (bicyclic) bond motifs is 1. The Labute approximate surface area is 124 Å². The van der Waals surface area contributed by atoms with Crippen LogP contribution in [0.4, 0.5) is 0 Å². The first-order valence-corrected chi connectivity index (χ1v) is 7.74. The Morgan fingerprint density at radius 1 is 1.20 bits per heavy atom. The van der Waals surface area contributed by atoms with Gasteiger partial charge < -0.3 is 15.1 Å². The normalized spacial score (nSPS) is 16.2. The van der Waals surface area contributed by atoms with E-state index in [-0.39, 0.29) is 0 Å². The van der Waals surface area contributed by atoms with Crippen LogP contribution in [-0.4, -0.2) is 11.2 Å². The molecule has 4 heteroatoms. The van der Waals surface area contributed by atoms with Crippen molar-refractivity contribution in [2.75, 3.05) is 0 Å². The number of hydrogen-bond acceptors (Lipinski definition) is 2. The molecule has 1 aliphatic carbocycles. The zero-order chi connectivity index (χ0) is 13.8. The molecule has 106 valence electrons. The van der Waals surface area contributed by atoms with Gasteiger partial charge in [-0.2, -0.15) is 0 Å². The van der Waals surface area contributed by atoms with Crippen LogP contribution in [-0.2, 0) is 6.54 Å². The number of rotatable bonds is 3. The molecule has 0 spiro atoms. The lowest BCUT2D eigenvalue weighted by Gasteiger charge is -2.24. The lowest BCUT2D eigenvalue weighted by Crippen LogP contribution is -2.42. The number of hydrogen-bond donors (Lipinski definition) is 2. The minimum Gasteiger partial charge on any atom is -0.459 e. The van der Waals surface area contributed by atoms with Crippen LogP contribution in [0.15, 0.2) is 34.7 Å². The fourth-order valence-electron chi connectivity index (χ4n) is 2.77. The minimum absolute atomic E-state index is 0.541. The first-order valence-electron chi connectivity index (χ1n) is 7.33. The summed E-state index contributed by atoms with van der Waals surface area (Å²) < 4.78 is 5.76. The monoisotopic (exact) mass is 288 g/mol. The third kappa shape index (κ3) is 3.31. The summed E-state index contributed by atoms with van der Waals surface area (Å²) >= 11 is 5.35. The van der Waals surface area contributed by atoms with E-state index in [0.717, 1.165) is 21.8 Å². The lowest BCUT2D eigenvalue weighted by atomic mass is 9.96. The molecule has 1 saturated carbocycles. The number of benzene rings is 1. The largest absolute Gasteiger partial charge is 0.459 e. The van der Waals surface area contributed by atoms with Crippen LogP contribution < -0.4 is 10.6 Å². The molecular weight excluding hydrogens is 268 g/mol. The van der Waals surface area contributed by atoms with Crippen LogP contribution in [0.25, 0.3) is 11.0 Å². The van der Waals surface area contributed by atoms with E-state index in [0.29, 0.717) is 12.6 Å². The van der Waals surface area contributed by atoms with Gasteiger partial charge in [-0.1, -0.05) is 37.5 Å².